The molecule has 8 heteroatoms. The third kappa shape index (κ3) is 3.96. The van der Waals surface area contributed by atoms with Gasteiger partial charge in [0, 0.05) is 6.21 Å². The quantitative estimate of drug-likeness (QED) is 0.371. The fourth-order valence-corrected chi connectivity index (χ4v) is 2.63. The van der Waals surface area contributed by atoms with Crippen molar-refractivity contribution in [2.24, 2.45) is 4.99 Å². The van der Waals surface area contributed by atoms with Gasteiger partial charge in [-0.2, -0.15) is 0 Å². The van der Waals surface area contributed by atoms with Crippen LogP contribution in [0, 0.1) is 0 Å². The number of Topliss-reactive ketones (excluding diaryl/α,β-unsaturated/α-hetero) is 1. The lowest BCUT2D eigenvalue weighted by Gasteiger charge is -2.25. The van der Waals surface area contributed by atoms with Gasteiger partial charge in [0.1, 0.15) is 30.2 Å². The molecule has 3 N–H and O–H groups in total. The molecule has 2 aliphatic rings. The largest absolute Gasteiger partial charge is 0.512 e. The van der Waals surface area contributed by atoms with E-state index < -0.39 is 36.5 Å². The molecule has 2 saturated heterocycles. The van der Waals surface area contributed by atoms with Gasteiger partial charge in [-0.05, 0) is 27.7 Å². The lowest BCUT2D eigenvalue weighted by molar-refractivity contribution is -0.224. The first kappa shape index (κ1) is 18.0. The molecule has 0 radical (unpaired) electrons. The number of carbonyl (C=O) groups excluding carboxylic acids is 1. The Morgan fingerprint density at radius 1 is 1.35 bits per heavy atom. The van der Waals surface area contributed by atoms with Gasteiger partial charge >= 0.3 is 0 Å². The van der Waals surface area contributed by atoms with Crippen molar-refractivity contribution in [1.29, 1.82) is 0 Å². The first-order valence-corrected chi connectivity index (χ1v) is 7.40. The van der Waals surface area contributed by atoms with Gasteiger partial charge in [-0.25, -0.2) is 0 Å². The lowest BCUT2D eigenvalue weighted by Crippen LogP contribution is -2.42. The van der Waals surface area contributed by atoms with Gasteiger partial charge in [0.05, 0.1) is 12.1 Å². The van der Waals surface area contributed by atoms with Gasteiger partial charge in [0.2, 0.25) is 0 Å². The maximum Gasteiger partial charge on any atom is 0.190 e. The molecule has 2 aliphatic heterocycles. The van der Waals surface area contributed by atoms with Crippen LogP contribution in [0.5, 0.6) is 0 Å². The zero-order valence-electron chi connectivity index (χ0n) is 13.6. The standard InChI is InChI=1S/C15H23NO7/c1-7(17)9(8(2)18)5-16-6-10(19)12-11(20)13-14(21-12)23-15(3,4)22-13/h5,10-14,17,19-20H,6H2,1-4H3/b9-7-,16-5?/t10-,11+,12-,13-,14-/m1/s1. The van der Waals surface area contributed by atoms with E-state index >= 15 is 0 Å². The number of hydrogen-bond acceptors (Lipinski definition) is 8. The molecule has 2 fully saturated rings. The highest BCUT2D eigenvalue weighted by molar-refractivity contribution is 6.12. The van der Waals surface area contributed by atoms with E-state index in [4.69, 9.17) is 14.2 Å². The van der Waals surface area contributed by atoms with Gasteiger partial charge in [0.15, 0.2) is 17.9 Å². The summed E-state index contributed by atoms with van der Waals surface area (Å²) in [6.07, 6.45) is -3.27. The number of aliphatic imine (C=N–C) groups is 1. The highest BCUT2D eigenvalue weighted by atomic mass is 16.8. The molecule has 2 rings (SSSR count). The number of nitrogens with zero attached hydrogens (tertiary/aromatic N) is 1. The van der Waals surface area contributed by atoms with Crippen molar-refractivity contribution in [3.05, 3.63) is 11.3 Å². The van der Waals surface area contributed by atoms with E-state index in [0.717, 1.165) is 0 Å². The summed E-state index contributed by atoms with van der Waals surface area (Å²) in [5.41, 5.74) is 0.0652. The summed E-state index contributed by atoms with van der Waals surface area (Å²) in [4.78, 5) is 15.2. The Balaban J connectivity index is 1.94. The predicted octanol–water partition coefficient (Wildman–Crippen LogP) is 0.0764. The number of carbonyl (C=O) groups is 1. The highest BCUT2D eigenvalue weighted by Crippen LogP contribution is 2.38. The van der Waals surface area contributed by atoms with Crippen LogP contribution in [0.3, 0.4) is 0 Å². The average Bonchev–Trinajstić information content (AvgIpc) is 2.87. The summed E-state index contributed by atoms with van der Waals surface area (Å²) in [5.74, 6) is -1.32. The molecule has 0 aliphatic carbocycles. The smallest absolute Gasteiger partial charge is 0.190 e. The van der Waals surface area contributed by atoms with Crippen LogP contribution >= 0.6 is 0 Å². The van der Waals surface area contributed by atoms with E-state index in [1.165, 1.54) is 20.1 Å². The van der Waals surface area contributed by atoms with E-state index in [1.807, 2.05) is 0 Å². The fourth-order valence-electron chi connectivity index (χ4n) is 2.63. The molecule has 8 nitrogen and oxygen atoms in total. The summed E-state index contributed by atoms with van der Waals surface area (Å²) in [5, 5.41) is 29.7. The highest BCUT2D eigenvalue weighted by Gasteiger charge is 2.55. The molecule has 5 atom stereocenters. The predicted molar refractivity (Wildman–Crippen MR) is 80.1 cm³/mol. The fraction of sp³-hybridized carbons (Fsp3) is 0.733. The SMILES string of the molecule is CC(=O)/C(C=NC[C@@H](O)[C@H]1O[C@@H]2OC(C)(C)O[C@@H]2[C@H]1O)=C(/C)O. The molecule has 23 heavy (non-hydrogen) atoms. The number of aliphatic hydroxyl groups excluding tert-OH is 3. The lowest BCUT2D eigenvalue weighted by atomic mass is 10.1. The Morgan fingerprint density at radius 2 is 2.00 bits per heavy atom. The molecule has 2 heterocycles. The number of ether oxygens (including phenoxy) is 3. The molecule has 0 aromatic carbocycles. The maximum atomic E-state index is 11.3. The second-order valence-electron chi connectivity index (χ2n) is 6.18. The molecular weight excluding hydrogens is 306 g/mol. The van der Waals surface area contributed by atoms with Crippen molar-refractivity contribution in [3.63, 3.8) is 0 Å². The van der Waals surface area contributed by atoms with Gasteiger partial charge in [0.25, 0.3) is 0 Å². The molecule has 0 spiro atoms. The van der Waals surface area contributed by atoms with Gasteiger partial charge in [-0.1, -0.05) is 0 Å². The number of hydrogen-bond donors (Lipinski definition) is 3. The number of fused-ring (bicyclic) bond motifs is 1. The third-order valence-electron chi connectivity index (χ3n) is 3.71. The molecule has 0 aromatic heterocycles. The monoisotopic (exact) mass is 329 g/mol. The molecule has 0 bridgehead atoms. The Hall–Kier alpha value is -1.32. The first-order valence-electron chi connectivity index (χ1n) is 7.40. The first-order chi connectivity index (χ1) is 10.6. The van der Waals surface area contributed by atoms with Gasteiger partial charge in [-0.15, -0.1) is 0 Å². The number of ketones is 1. The average molecular weight is 329 g/mol. The van der Waals surface area contributed by atoms with Crippen LogP contribution < -0.4 is 0 Å². The molecule has 130 valence electrons. The van der Waals surface area contributed by atoms with Crippen LogP contribution in [0.25, 0.3) is 0 Å². The molecular formula is C15H23NO7. The van der Waals surface area contributed by atoms with Crippen LogP contribution in [0.15, 0.2) is 16.3 Å². The zero-order valence-corrected chi connectivity index (χ0v) is 13.6. The molecule has 0 unspecified atom stereocenters. The summed E-state index contributed by atoms with van der Waals surface area (Å²) in [6.45, 7) is 6.00. The summed E-state index contributed by atoms with van der Waals surface area (Å²) < 4.78 is 16.5. The minimum atomic E-state index is -1.10. The Labute approximate surface area is 134 Å². The van der Waals surface area contributed by atoms with Crippen molar-refractivity contribution in [1.82, 2.24) is 0 Å². The minimum Gasteiger partial charge on any atom is -0.512 e. The number of allylic oxidation sites excluding steroid dienone is 2. The van der Waals surface area contributed by atoms with Crippen molar-refractivity contribution < 1.29 is 34.3 Å². The van der Waals surface area contributed by atoms with Crippen LogP contribution in [0.4, 0.5) is 0 Å². The van der Waals surface area contributed by atoms with E-state index in [2.05, 4.69) is 4.99 Å². The van der Waals surface area contributed by atoms with Crippen molar-refractivity contribution in [3.8, 4) is 0 Å². The second-order valence-corrected chi connectivity index (χ2v) is 6.18. The number of rotatable bonds is 5. The Morgan fingerprint density at radius 3 is 2.52 bits per heavy atom. The number of aliphatic hydroxyl groups is 3. The van der Waals surface area contributed by atoms with Crippen LogP contribution in [-0.4, -0.2) is 70.4 Å². The van der Waals surface area contributed by atoms with Gasteiger partial charge in [-0.3, -0.25) is 9.79 Å². The Kier molecular flexibility index (Phi) is 5.22. The maximum absolute atomic E-state index is 11.3. The second kappa shape index (κ2) is 6.66. The van der Waals surface area contributed by atoms with Crippen LogP contribution in [0.1, 0.15) is 27.7 Å². The van der Waals surface area contributed by atoms with Crippen LogP contribution in [0.2, 0.25) is 0 Å². The summed E-state index contributed by atoms with van der Waals surface area (Å²) >= 11 is 0. The summed E-state index contributed by atoms with van der Waals surface area (Å²) in [7, 11) is 0. The topological polar surface area (TPSA) is 118 Å². The Bertz CT molecular complexity index is 524. The van der Waals surface area contributed by atoms with E-state index in [-0.39, 0.29) is 23.7 Å². The van der Waals surface area contributed by atoms with Crippen molar-refractivity contribution >= 4 is 12.0 Å². The van der Waals surface area contributed by atoms with Crippen molar-refractivity contribution in [2.75, 3.05) is 6.54 Å². The van der Waals surface area contributed by atoms with E-state index in [0.29, 0.717) is 0 Å². The van der Waals surface area contributed by atoms with E-state index in [1.54, 1.807) is 13.8 Å². The molecule has 0 saturated carbocycles. The van der Waals surface area contributed by atoms with Gasteiger partial charge < -0.3 is 29.5 Å². The zero-order chi connectivity index (χ0) is 17.4. The third-order valence-corrected chi connectivity index (χ3v) is 3.71. The minimum absolute atomic E-state index is 0.0652. The normalized spacial score (nSPS) is 35.2. The molecule has 0 aromatic rings. The summed E-state index contributed by atoms with van der Waals surface area (Å²) in [6, 6.07) is 0. The van der Waals surface area contributed by atoms with Crippen LogP contribution in [-0.2, 0) is 19.0 Å². The van der Waals surface area contributed by atoms with E-state index in [9.17, 15) is 20.1 Å². The molecule has 0 amide bonds. The van der Waals surface area contributed by atoms with Crippen molar-refractivity contribution in [2.45, 2.75) is 64.2 Å².